The average molecular weight is 482 g/mol. The monoisotopic (exact) mass is 482 g/mol. The zero-order chi connectivity index (χ0) is 22.2. The molecule has 0 radical (unpaired) electrons. The van der Waals surface area contributed by atoms with Crippen LogP contribution in [0.2, 0.25) is 0 Å². The molecular formula is C9H17N4O13P3. The number of hydrogen-bond donors (Lipinski definition) is 7. The Hall–Kier alpha value is -1.19. The molecule has 9 N–H and O–H groups in total. The maximum absolute atomic E-state index is 12.0. The maximum Gasteiger partial charge on any atom is 0.536 e. The molecule has 1 fully saturated rings. The van der Waals surface area contributed by atoms with Crippen LogP contribution in [0.4, 0.5) is 5.82 Å². The second-order valence-electron chi connectivity index (χ2n) is 5.53. The molecule has 166 valence electrons. The highest BCUT2D eigenvalue weighted by Gasteiger charge is 2.42. The van der Waals surface area contributed by atoms with Crippen molar-refractivity contribution in [2.75, 3.05) is 12.3 Å². The summed E-state index contributed by atoms with van der Waals surface area (Å²) >= 11 is 0. The molecule has 0 saturated carbocycles. The fourth-order valence-corrected chi connectivity index (χ4v) is 5.29. The lowest BCUT2D eigenvalue weighted by atomic mass is 10.2. The fraction of sp³-hybridized carbons (Fsp3) is 0.556. The molecule has 2 rings (SSSR count). The van der Waals surface area contributed by atoms with Gasteiger partial charge in [-0.2, -0.15) is 13.6 Å². The van der Waals surface area contributed by atoms with E-state index in [1.165, 1.54) is 0 Å². The minimum Gasteiger partial charge on any atom is -0.398 e. The van der Waals surface area contributed by atoms with Crippen molar-refractivity contribution >= 4 is 29.3 Å². The minimum absolute atomic E-state index is 0.0663. The molecule has 1 aliphatic rings. The van der Waals surface area contributed by atoms with Gasteiger partial charge in [0, 0.05) is 13.0 Å². The fourth-order valence-electron chi connectivity index (χ4n) is 2.26. The number of aliphatic hydroxyl groups is 1. The Labute approximate surface area is 161 Å². The number of hydrogen-bond acceptors (Lipinski definition) is 12. The molecule has 1 aromatic rings. The van der Waals surface area contributed by atoms with Crippen LogP contribution < -0.4 is 21.7 Å². The van der Waals surface area contributed by atoms with E-state index in [0.29, 0.717) is 0 Å². The predicted molar refractivity (Wildman–Crippen MR) is 91.0 cm³/mol. The first-order chi connectivity index (χ1) is 13.1. The van der Waals surface area contributed by atoms with Gasteiger partial charge in [0.05, 0.1) is 18.4 Å². The van der Waals surface area contributed by atoms with E-state index >= 15 is 0 Å². The van der Waals surface area contributed by atoms with Crippen molar-refractivity contribution in [3.63, 3.8) is 0 Å². The van der Waals surface area contributed by atoms with Gasteiger partial charge in [-0.15, -0.1) is 0 Å². The largest absolute Gasteiger partial charge is 0.536 e. The summed E-state index contributed by atoms with van der Waals surface area (Å²) < 4.78 is 51.5. The molecule has 20 heteroatoms. The summed E-state index contributed by atoms with van der Waals surface area (Å²) in [6.07, 6.45) is -2.26. The SMILES string of the molecule is NC[C@H]1O[C@@H](n2cc(OP(=O)(O)OP(=O)(O)OP(=O)(O)O)c(N)nc2=O)C[C@@H]1O. The van der Waals surface area contributed by atoms with Crippen LogP contribution in [-0.2, 0) is 27.1 Å². The van der Waals surface area contributed by atoms with E-state index in [2.05, 4.69) is 18.1 Å². The van der Waals surface area contributed by atoms with Gasteiger partial charge >= 0.3 is 29.2 Å². The summed E-state index contributed by atoms with van der Waals surface area (Å²) in [6.45, 7) is -0.0663. The van der Waals surface area contributed by atoms with Crippen LogP contribution in [0, 0.1) is 0 Å². The van der Waals surface area contributed by atoms with Crippen molar-refractivity contribution < 1.29 is 56.3 Å². The molecule has 5 atom stereocenters. The van der Waals surface area contributed by atoms with E-state index in [1.807, 2.05) is 0 Å². The standard InChI is InChI=1S/C9H17N4O13P3/c10-2-5-4(14)1-7(23-5)13-3-6(8(11)12-9(13)15)24-28(19,20)26-29(21,22)25-27(16,17)18/h3-5,7,14H,1-2,10H2,(H,19,20)(H,21,22)(H2,11,12,15)(H2,16,17,18)/t4-,5+,7+/m0/s1. The van der Waals surface area contributed by atoms with E-state index in [0.717, 1.165) is 10.8 Å². The summed E-state index contributed by atoms with van der Waals surface area (Å²) in [7, 11) is -16.9. The number of nitrogens with two attached hydrogens (primary N) is 2. The van der Waals surface area contributed by atoms with Gasteiger partial charge in [-0.05, 0) is 0 Å². The van der Waals surface area contributed by atoms with Crippen molar-refractivity contribution in [3.8, 4) is 5.75 Å². The Morgan fingerprint density at radius 1 is 1.21 bits per heavy atom. The average Bonchev–Trinajstić information content (AvgIpc) is 2.86. The van der Waals surface area contributed by atoms with Crippen molar-refractivity contribution in [2.45, 2.75) is 24.9 Å². The van der Waals surface area contributed by atoms with E-state index in [1.54, 1.807) is 0 Å². The summed E-state index contributed by atoms with van der Waals surface area (Å²) in [5, 5.41) is 9.80. The number of ether oxygens (including phenoxy) is 1. The zero-order valence-electron chi connectivity index (χ0n) is 14.1. The number of nitrogens with zero attached hydrogens (tertiary/aromatic N) is 2. The van der Waals surface area contributed by atoms with Gasteiger partial charge in [0.15, 0.2) is 11.6 Å². The molecule has 29 heavy (non-hydrogen) atoms. The number of phosphoric ester groups is 1. The third-order valence-corrected chi connectivity index (χ3v) is 7.08. The minimum atomic E-state index is -5.75. The molecule has 0 spiro atoms. The van der Waals surface area contributed by atoms with Gasteiger partial charge in [-0.25, -0.2) is 18.5 Å². The van der Waals surface area contributed by atoms with Gasteiger partial charge in [-0.3, -0.25) is 9.46 Å². The summed E-state index contributed by atoms with van der Waals surface area (Å²) in [4.78, 5) is 51.0. The van der Waals surface area contributed by atoms with Gasteiger partial charge in [0.25, 0.3) is 0 Å². The Balaban J connectivity index is 2.27. The first-order valence-corrected chi connectivity index (χ1v) is 11.9. The molecule has 0 amide bonds. The van der Waals surface area contributed by atoms with E-state index < -0.39 is 59.2 Å². The third kappa shape index (κ3) is 6.65. The smallest absolute Gasteiger partial charge is 0.398 e. The molecule has 1 saturated heterocycles. The number of rotatable bonds is 8. The van der Waals surface area contributed by atoms with Crippen LogP contribution in [0.1, 0.15) is 12.6 Å². The Morgan fingerprint density at radius 2 is 1.83 bits per heavy atom. The zero-order valence-corrected chi connectivity index (χ0v) is 16.8. The Bertz CT molecular complexity index is 961. The highest BCUT2D eigenvalue weighted by molar-refractivity contribution is 7.66. The lowest BCUT2D eigenvalue weighted by Crippen LogP contribution is -2.30. The van der Waals surface area contributed by atoms with E-state index in [-0.39, 0.29) is 13.0 Å². The van der Waals surface area contributed by atoms with Crippen LogP contribution in [0.5, 0.6) is 5.75 Å². The molecule has 0 bridgehead atoms. The number of anilines is 1. The van der Waals surface area contributed by atoms with E-state index in [4.69, 9.17) is 30.9 Å². The van der Waals surface area contributed by atoms with Crippen molar-refractivity contribution in [3.05, 3.63) is 16.7 Å². The van der Waals surface area contributed by atoms with Gasteiger partial charge in [0.2, 0.25) is 0 Å². The number of aromatic nitrogens is 2. The predicted octanol–water partition coefficient (Wildman–Crippen LogP) is -1.86. The van der Waals surface area contributed by atoms with Crippen molar-refractivity contribution in [1.29, 1.82) is 0 Å². The molecule has 2 unspecified atom stereocenters. The van der Waals surface area contributed by atoms with Crippen molar-refractivity contribution in [1.82, 2.24) is 9.55 Å². The van der Waals surface area contributed by atoms with Gasteiger partial charge in [0.1, 0.15) is 6.23 Å². The molecule has 1 aromatic heterocycles. The molecular weight excluding hydrogens is 465 g/mol. The quantitative estimate of drug-likeness (QED) is 0.200. The molecule has 0 aromatic carbocycles. The van der Waals surface area contributed by atoms with Crippen LogP contribution in [-0.4, -0.2) is 53.0 Å². The normalized spacial score (nSPS) is 26.6. The van der Waals surface area contributed by atoms with E-state index in [9.17, 15) is 28.5 Å². The number of nitrogen functional groups attached to an aromatic ring is 1. The summed E-state index contributed by atoms with van der Waals surface area (Å²) in [6, 6.07) is 0. The highest BCUT2D eigenvalue weighted by Crippen LogP contribution is 2.66. The molecule has 17 nitrogen and oxygen atoms in total. The molecule has 1 aliphatic heterocycles. The first-order valence-electron chi connectivity index (χ1n) is 7.38. The lowest BCUT2D eigenvalue weighted by molar-refractivity contribution is -0.0152. The highest BCUT2D eigenvalue weighted by atomic mass is 31.3. The van der Waals surface area contributed by atoms with Gasteiger partial charge in [-0.1, -0.05) is 0 Å². The second-order valence-corrected chi connectivity index (χ2v) is 9.87. The van der Waals surface area contributed by atoms with Crippen LogP contribution >= 0.6 is 23.5 Å². The van der Waals surface area contributed by atoms with Crippen LogP contribution in [0.3, 0.4) is 0 Å². The van der Waals surface area contributed by atoms with Crippen LogP contribution in [0.25, 0.3) is 0 Å². The lowest BCUT2D eigenvalue weighted by Gasteiger charge is -2.19. The Morgan fingerprint density at radius 3 is 2.34 bits per heavy atom. The Kier molecular flexibility index (Phi) is 7.07. The maximum atomic E-state index is 12.0. The molecule has 0 aliphatic carbocycles. The van der Waals surface area contributed by atoms with Crippen molar-refractivity contribution in [2.24, 2.45) is 5.73 Å². The summed E-state index contributed by atoms with van der Waals surface area (Å²) in [5.74, 6) is -1.53. The van der Waals surface area contributed by atoms with Crippen LogP contribution in [0.15, 0.2) is 11.0 Å². The summed E-state index contributed by atoms with van der Waals surface area (Å²) in [5.41, 5.74) is 9.82. The number of aliphatic hydroxyl groups excluding tert-OH is 1. The topological polar surface area (TPSA) is 276 Å². The number of phosphoric acid groups is 3. The van der Waals surface area contributed by atoms with Gasteiger partial charge < -0.3 is 40.5 Å². The third-order valence-electron chi connectivity index (χ3n) is 3.32. The second kappa shape index (κ2) is 8.51. The molecule has 2 heterocycles. The first kappa shape index (κ1) is 24.1.